The van der Waals surface area contributed by atoms with E-state index in [0.717, 1.165) is 69.6 Å². The van der Waals surface area contributed by atoms with Crippen LogP contribution in [0.3, 0.4) is 0 Å². The molecule has 0 saturated heterocycles. The number of esters is 3. The molecular weight excluding hydrogens is 769 g/mol. The average molecular weight is 877 g/mol. The number of unbranched alkanes of at least 4 members (excludes halogenated alkanes) is 34. The molecule has 0 radical (unpaired) electrons. The first-order chi connectivity index (χ1) is 30.3. The minimum Gasteiger partial charge on any atom is -0.462 e. The number of rotatable bonds is 50. The lowest BCUT2D eigenvalue weighted by molar-refractivity contribution is -0.167. The minimum atomic E-state index is -0.762. The van der Waals surface area contributed by atoms with Crippen molar-refractivity contribution in [3.05, 3.63) is 0 Å². The van der Waals surface area contributed by atoms with Gasteiger partial charge in [0.2, 0.25) is 0 Å². The molecule has 0 aliphatic heterocycles. The van der Waals surface area contributed by atoms with Gasteiger partial charge in [0.15, 0.2) is 6.10 Å². The summed E-state index contributed by atoms with van der Waals surface area (Å²) in [5.41, 5.74) is 0. The Labute approximate surface area is 387 Å². The standard InChI is InChI=1S/C56H108O6/c1-6-8-9-10-11-12-21-25-31-36-41-46-54(57)60-49-53(50-61-55(58)47-42-37-32-28-27-29-34-39-44-51(3)4)62-56(59)48-43-38-33-26-23-20-18-16-14-13-15-17-19-22-24-30-35-40-45-52(5)7-2/h51-53H,6-50H2,1-5H3/t52?,53-/m1/s1. The van der Waals surface area contributed by atoms with Crippen LogP contribution >= 0.6 is 0 Å². The van der Waals surface area contributed by atoms with Gasteiger partial charge in [-0.1, -0.05) is 272 Å². The molecule has 6 heteroatoms. The smallest absolute Gasteiger partial charge is 0.306 e. The molecule has 0 rings (SSSR count). The maximum atomic E-state index is 12.8. The highest BCUT2D eigenvalue weighted by molar-refractivity contribution is 5.71. The van der Waals surface area contributed by atoms with Crippen molar-refractivity contribution < 1.29 is 28.6 Å². The molecule has 368 valence electrons. The zero-order valence-corrected chi connectivity index (χ0v) is 42.5. The molecule has 2 atom stereocenters. The van der Waals surface area contributed by atoms with E-state index in [9.17, 15) is 14.4 Å². The van der Waals surface area contributed by atoms with Crippen molar-refractivity contribution in [3.8, 4) is 0 Å². The molecule has 0 aromatic carbocycles. The first-order valence-electron chi connectivity index (χ1n) is 27.8. The van der Waals surface area contributed by atoms with Crippen LogP contribution in [0.1, 0.15) is 311 Å². The molecule has 62 heavy (non-hydrogen) atoms. The third kappa shape index (κ3) is 47.9. The van der Waals surface area contributed by atoms with Gasteiger partial charge in [0, 0.05) is 19.3 Å². The molecule has 0 aliphatic rings. The van der Waals surface area contributed by atoms with Gasteiger partial charge in [0.05, 0.1) is 0 Å². The number of hydrogen-bond acceptors (Lipinski definition) is 6. The Balaban J connectivity index is 4.20. The molecular formula is C56H108O6. The van der Waals surface area contributed by atoms with E-state index in [1.165, 1.54) is 199 Å². The second kappa shape index (κ2) is 48.9. The second-order valence-corrected chi connectivity index (χ2v) is 19.9. The highest BCUT2D eigenvalue weighted by Crippen LogP contribution is 2.18. The topological polar surface area (TPSA) is 78.9 Å². The quantitative estimate of drug-likeness (QED) is 0.0344. The summed E-state index contributed by atoms with van der Waals surface area (Å²) in [6.45, 7) is 11.4. The molecule has 0 aromatic heterocycles. The van der Waals surface area contributed by atoms with Gasteiger partial charge >= 0.3 is 17.9 Å². The van der Waals surface area contributed by atoms with E-state index in [-0.39, 0.29) is 31.1 Å². The van der Waals surface area contributed by atoms with Crippen molar-refractivity contribution in [2.45, 2.75) is 317 Å². The SMILES string of the molecule is CCCCCCCCCCCCCC(=O)OC[C@H](COC(=O)CCCCCCCCCCC(C)C)OC(=O)CCCCCCCCCCCCCCCCCCCCC(C)CC. The van der Waals surface area contributed by atoms with Crippen LogP contribution in [0.5, 0.6) is 0 Å². The first kappa shape index (κ1) is 60.4. The third-order valence-electron chi connectivity index (χ3n) is 13.1. The normalized spacial score (nSPS) is 12.5. The summed E-state index contributed by atoms with van der Waals surface area (Å²) >= 11 is 0. The Morgan fingerprint density at radius 2 is 0.613 bits per heavy atom. The lowest BCUT2D eigenvalue weighted by atomic mass is 9.99. The van der Waals surface area contributed by atoms with Crippen LogP contribution in [-0.4, -0.2) is 37.2 Å². The maximum absolute atomic E-state index is 12.8. The number of hydrogen-bond donors (Lipinski definition) is 0. The summed E-state index contributed by atoms with van der Waals surface area (Å²) in [7, 11) is 0. The summed E-state index contributed by atoms with van der Waals surface area (Å²) in [6.07, 6.45) is 51.0. The van der Waals surface area contributed by atoms with Crippen molar-refractivity contribution in [2.75, 3.05) is 13.2 Å². The number of ether oxygens (including phenoxy) is 3. The highest BCUT2D eigenvalue weighted by Gasteiger charge is 2.19. The minimum absolute atomic E-state index is 0.0636. The summed E-state index contributed by atoms with van der Waals surface area (Å²) in [4.78, 5) is 38.0. The van der Waals surface area contributed by atoms with Gasteiger partial charge in [-0.3, -0.25) is 14.4 Å². The van der Waals surface area contributed by atoms with E-state index >= 15 is 0 Å². The molecule has 0 aliphatic carbocycles. The largest absolute Gasteiger partial charge is 0.462 e. The van der Waals surface area contributed by atoms with E-state index in [4.69, 9.17) is 14.2 Å². The van der Waals surface area contributed by atoms with Crippen molar-refractivity contribution in [3.63, 3.8) is 0 Å². The molecule has 1 unspecified atom stereocenters. The van der Waals surface area contributed by atoms with Crippen LogP contribution in [0.25, 0.3) is 0 Å². The molecule has 0 saturated carbocycles. The van der Waals surface area contributed by atoms with Crippen molar-refractivity contribution >= 4 is 17.9 Å². The Kier molecular flexibility index (Phi) is 47.6. The second-order valence-electron chi connectivity index (χ2n) is 19.9. The van der Waals surface area contributed by atoms with Gasteiger partial charge in [-0.05, 0) is 31.1 Å². The Morgan fingerprint density at radius 1 is 0.339 bits per heavy atom. The zero-order chi connectivity index (χ0) is 45.4. The fraction of sp³-hybridized carbons (Fsp3) is 0.946. The number of carbonyl (C=O) groups excluding carboxylic acids is 3. The van der Waals surface area contributed by atoms with Crippen molar-refractivity contribution in [2.24, 2.45) is 11.8 Å². The lowest BCUT2D eigenvalue weighted by Gasteiger charge is -2.18. The Bertz CT molecular complexity index is 949. The van der Waals surface area contributed by atoms with Crippen LogP contribution in [0, 0.1) is 11.8 Å². The third-order valence-corrected chi connectivity index (χ3v) is 13.1. The van der Waals surface area contributed by atoms with E-state index in [1.54, 1.807) is 0 Å². The van der Waals surface area contributed by atoms with E-state index in [1.807, 2.05) is 0 Å². The molecule has 0 amide bonds. The van der Waals surface area contributed by atoms with Crippen LogP contribution in [-0.2, 0) is 28.6 Å². The summed E-state index contributed by atoms with van der Waals surface area (Å²) in [5.74, 6) is 0.859. The van der Waals surface area contributed by atoms with Gasteiger partial charge in [0.25, 0.3) is 0 Å². The first-order valence-corrected chi connectivity index (χ1v) is 27.8. The Hall–Kier alpha value is -1.59. The van der Waals surface area contributed by atoms with Crippen LogP contribution in [0.4, 0.5) is 0 Å². The fourth-order valence-corrected chi connectivity index (χ4v) is 8.49. The molecule has 0 bridgehead atoms. The molecule has 0 N–H and O–H groups in total. The number of carbonyl (C=O) groups is 3. The maximum Gasteiger partial charge on any atom is 0.306 e. The van der Waals surface area contributed by atoms with E-state index in [0.29, 0.717) is 19.3 Å². The van der Waals surface area contributed by atoms with Gasteiger partial charge in [-0.25, -0.2) is 0 Å². The summed E-state index contributed by atoms with van der Waals surface area (Å²) < 4.78 is 16.8. The predicted octanol–water partition coefficient (Wildman–Crippen LogP) is 18.1. The predicted molar refractivity (Wildman–Crippen MR) is 266 cm³/mol. The Morgan fingerprint density at radius 3 is 0.919 bits per heavy atom. The van der Waals surface area contributed by atoms with Gasteiger partial charge in [-0.2, -0.15) is 0 Å². The van der Waals surface area contributed by atoms with Crippen molar-refractivity contribution in [1.82, 2.24) is 0 Å². The lowest BCUT2D eigenvalue weighted by Crippen LogP contribution is -2.30. The van der Waals surface area contributed by atoms with E-state index in [2.05, 4.69) is 34.6 Å². The monoisotopic (exact) mass is 877 g/mol. The van der Waals surface area contributed by atoms with Crippen LogP contribution < -0.4 is 0 Å². The fourth-order valence-electron chi connectivity index (χ4n) is 8.49. The molecule has 0 aromatic rings. The van der Waals surface area contributed by atoms with Gasteiger partial charge in [0.1, 0.15) is 13.2 Å². The zero-order valence-electron chi connectivity index (χ0n) is 42.5. The molecule has 0 spiro atoms. The molecule has 0 fully saturated rings. The summed E-state index contributed by atoms with van der Waals surface area (Å²) in [5, 5.41) is 0. The summed E-state index contributed by atoms with van der Waals surface area (Å²) in [6, 6.07) is 0. The van der Waals surface area contributed by atoms with Crippen LogP contribution in [0.2, 0.25) is 0 Å². The highest BCUT2D eigenvalue weighted by atomic mass is 16.6. The van der Waals surface area contributed by atoms with Gasteiger partial charge < -0.3 is 14.2 Å². The average Bonchev–Trinajstić information content (AvgIpc) is 3.26. The van der Waals surface area contributed by atoms with Gasteiger partial charge in [-0.15, -0.1) is 0 Å². The van der Waals surface area contributed by atoms with Crippen molar-refractivity contribution in [1.29, 1.82) is 0 Å². The van der Waals surface area contributed by atoms with Crippen LogP contribution in [0.15, 0.2) is 0 Å². The van der Waals surface area contributed by atoms with E-state index < -0.39 is 6.10 Å². The molecule has 6 nitrogen and oxygen atoms in total. The molecule has 0 heterocycles.